The van der Waals surface area contributed by atoms with Crippen LogP contribution < -0.4 is 5.73 Å². The van der Waals surface area contributed by atoms with Crippen LogP contribution >= 0.6 is 15.9 Å². The van der Waals surface area contributed by atoms with Crippen LogP contribution in [0.1, 0.15) is 29.5 Å². The molecular weight excluding hydrogens is 314 g/mol. The van der Waals surface area contributed by atoms with Crippen LogP contribution in [0.2, 0.25) is 0 Å². The molecule has 3 nitrogen and oxygen atoms in total. The van der Waals surface area contributed by atoms with Gasteiger partial charge in [-0.1, -0.05) is 28.1 Å². The van der Waals surface area contributed by atoms with Crippen molar-refractivity contribution >= 4 is 15.9 Å². The van der Waals surface area contributed by atoms with Crippen LogP contribution in [0.25, 0.3) is 0 Å². The van der Waals surface area contributed by atoms with E-state index in [1.54, 1.807) is 0 Å². The molecule has 0 aromatic heterocycles. The highest BCUT2D eigenvalue weighted by Gasteiger charge is 2.31. The summed E-state index contributed by atoms with van der Waals surface area (Å²) in [5, 5.41) is 0. The summed E-state index contributed by atoms with van der Waals surface area (Å²) in [6.07, 6.45) is 1.19. The van der Waals surface area contributed by atoms with Gasteiger partial charge in [-0.3, -0.25) is 4.90 Å². The van der Waals surface area contributed by atoms with Crippen molar-refractivity contribution in [2.24, 2.45) is 11.7 Å². The molecule has 110 valence electrons. The molecule has 2 saturated heterocycles. The Hall–Kier alpha value is -0.420. The Bertz CT molecular complexity index is 485. The lowest BCUT2D eigenvalue weighted by Crippen LogP contribution is -2.41. The molecule has 0 spiro atoms. The van der Waals surface area contributed by atoms with Crippen molar-refractivity contribution in [3.8, 4) is 0 Å². The highest BCUT2D eigenvalue weighted by atomic mass is 79.9. The molecule has 2 aliphatic rings. The van der Waals surface area contributed by atoms with Crippen molar-refractivity contribution in [3.05, 3.63) is 33.8 Å². The maximum absolute atomic E-state index is 5.83. The van der Waals surface area contributed by atoms with Crippen LogP contribution in [-0.4, -0.2) is 50.1 Å². The standard InChI is InChI=1S/C16H24BrN3/c1-19-9-13(10-19)14-4-3-12(6-15(14)17)16-5-11(7-18)8-20(16)2/h3-4,6,11,13,16H,5,7-10,18H2,1-2H3. The molecule has 0 radical (unpaired) electrons. The molecule has 0 bridgehead atoms. The topological polar surface area (TPSA) is 32.5 Å². The van der Waals surface area contributed by atoms with Crippen LogP contribution in [-0.2, 0) is 0 Å². The van der Waals surface area contributed by atoms with Crippen LogP contribution in [0.15, 0.2) is 22.7 Å². The van der Waals surface area contributed by atoms with E-state index in [-0.39, 0.29) is 0 Å². The van der Waals surface area contributed by atoms with Gasteiger partial charge in [0.25, 0.3) is 0 Å². The molecule has 20 heavy (non-hydrogen) atoms. The molecule has 0 aliphatic carbocycles. The molecule has 2 atom stereocenters. The van der Waals surface area contributed by atoms with E-state index in [0.717, 1.165) is 13.1 Å². The second-order valence-corrected chi connectivity index (χ2v) is 7.35. The van der Waals surface area contributed by atoms with E-state index >= 15 is 0 Å². The van der Waals surface area contributed by atoms with Crippen molar-refractivity contribution in [3.63, 3.8) is 0 Å². The van der Waals surface area contributed by atoms with Crippen molar-refractivity contribution in [1.82, 2.24) is 9.80 Å². The number of hydrogen-bond acceptors (Lipinski definition) is 3. The predicted molar refractivity (Wildman–Crippen MR) is 86.9 cm³/mol. The third-order valence-electron chi connectivity index (χ3n) is 4.88. The first kappa shape index (κ1) is 14.5. The number of rotatable bonds is 3. The highest BCUT2D eigenvalue weighted by molar-refractivity contribution is 9.10. The number of likely N-dealkylation sites (tertiary alicyclic amines) is 2. The second-order valence-electron chi connectivity index (χ2n) is 6.49. The summed E-state index contributed by atoms with van der Waals surface area (Å²) >= 11 is 3.78. The van der Waals surface area contributed by atoms with Gasteiger partial charge >= 0.3 is 0 Å². The van der Waals surface area contributed by atoms with Gasteiger partial charge in [0.1, 0.15) is 0 Å². The van der Waals surface area contributed by atoms with Crippen LogP contribution in [0.5, 0.6) is 0 Å². The fraction of sp³-hybridized carbons (Fsp3) is 0.625. The summed E-state index contributed by atoms with van der Waals surface area (Å²) in [6.45, 7) is 4.27. The number of likely N-dealkylation sites (N-methyl/N-ethyl adjacent to an activating group) is 1. The molecule has 2 unspecified atom stereocenters. The van der Waals surface area contributed by atoms with E-state index in [9.17, 15) is 0 Å². The first-order valence-electron chi connectivity index (χ1n) is 7.46. The van der Waals surface area contributed by atoms with E-state index in [0.29, 0.717) is 17.9 Å². The normalized spacial score (nSPS) is 28.8. The molecule has 0 saturated carbocycles. The van der Waals surface area contributed by atoms with Crippen LogP contribution in [0.3, 0.4) is 0 Å². The zero-order valence-corrected chi connectivity index (χ0v) is 13.9. The molecule has 0 amide bonds. The van der Waals surface area contributed by atoms with Gasteiger partial charge in [0, 0.05) is 36.1 Å². The van der Waals surface area contributed by atoms with Gasteiger partial charge in [0.15, 0.2) is 0 Å². The monoisotopic (exact) mass is 337 g/mol. The number of benzene rings is 1. The zero-order chi connectivity index (χ0) is 14.3. The van der Waals surface area contributed by atoms with Crippen molar-refractivity contribution in [2.45, 2.75) is 18.4 Å². The molecule has 2 fully saturated rings. The fourth-order valence-corrected chi connectivity index (χ4v) is 4.36. The minimum Gasteiger partial charge on any atom is -0.330 e. The van der Waals surface area contributed by atoms with Crippen molar-refractivity contribution in [1.29, 1.82) is 0 Å². The average molecular weight is 338 g/mol. The molecule has 1 aromatic carbocycles. The number of halogens is 1. The maximum Gasteiger partial charge on any atom is 0.0349 e. The third kappa shape index (κ3) is 2.67. The quantitative estimate of drug-likeness (QED) is 0.919. The number of nitrogens with two attached hydrogens (primary N) is 1. The first-order chi connectivity index (χ1) is 9.58. The molecule has 3 rings (SSSR count). The van der Waals surface area contributed by atoms with Gasteiger partial charge in [-0.15, -0.1) is 0 Å². The lowest BCUT2D eigenvalue weighted by Gasteiger charge is -2.37. The predicted octanol–water partition coefficient (Wildman–Crippen LogP) is 2.43. The average Bonchev–Trinajstić information content (AvgIpc) is 2.77. The van der Waals surface area contributed by atoms with Gasteiger partial charge < -0.3 is 10.6 Å². The Kier molecular flexibility index (Phi) is 4.18. The van der Waals surface area contributed by atoms with Crippen molar-refractivity contribution < 1.29 is 0 Å². The van der Waals surface area contributed by atoms with E-state index in [1.165, 1.54) is 35.1 Å². The molecule has 2 aliphatic heterocycles. The van der Waals surface area contributed by atoms with Gasteiger partial charge in [-0.05, 0) is 50.2 Å². The van der Waals surface area contributed by atoms with Crippen LogP contribution in [0.4, 0.5) is 0 Å². The number of hydrogen-bond donors (Lipinski definition) is 1. The van der Waals surface area contributed by atoms with Crippen molar-refractivity contribution in [2.75, 3.05) is 40.3 Å². The second kappa shape index (κ2) is 5.76. The summed E-state index contributed by atoms with van der Waals surface area (Å²) < 4.78 is 1.28. The van der Waals surface area contributed by atoms with E-state index in [1.807, 2.05) is 0 Å². The summed E-state index contributed by atoms with van der Waals surface area (Å²) in [5.41, 5.74) is 8.71. The maximum atomic E-state index is 5.83. The Morgan fingerprint density at radius 1 is 1.25 bits per heavy atom. The molecule has 2 N–H and O–H groups in total. The fourth-order valence-electron chi connectivity index (χ4n) is 3.64. The lowest BCUT2D eigenvalue weighted by atomic mass is 9.90. The van der Waals surface area contributed by atoms with Gasteiger partial charge in [0.2, 0.25) is 0 Å². The summed E-state index contributed by atoms with van der Waals surface area (Å²) in [5.74, 6) is 1.34. The van der Waals surface area contributed by atoms with Gasteiger partial charge in [0.05, 0.1) is 0 Å². The van der Waals surface area contributed by atoms with Gasteiger partial charge in [-0.25, -0.2) is 0 Å². The van der Waals surface area contributed by atoms with E-state index < -0.39 is 0 Å². The smallest absolute Gasteiger partial charge is 0.0349 e. The Morgan fingerprint density at radius 2 is 2.00 bits per heavy atom. The summed E-state index contributed by atoms with van der Waals surface area (Å²) in [7, 11) is 4.39. The van der Waals surface area contributed by atoms with E-state index in [4.69, 9.17) is 5.73 Å². The molecule has 2 heterocycles. The molecule has 4 heteroatoms. The van der Waals surface area contributed by atoms with Crippen LogP contribution in [0, 0.1) is 5.92 Å². The lowest BCUT2D eigenvalue weighted by molar-refractivity contribution is 0.189. The summed E-state index contributed by atoms with van der Waals surface area (Å²) in [4.78, 5) is 4.80. The Labute approximate surface area is 130 Å². The highest BCUT2D eigenvalue weighted by Crippen LogP contribution is 2.38. The zero-order valence-electron chi connectivity index (χ0n) is 12.3. The minimum absolute atomic E-state index is 0.526. The van der Waals surface area contributed by atoms with Gasteiger partial charge in [-0.2, -0.15) is 0 Å². The Balaban J connectivity index is 1.77. The minimum atomic E-state index is 0.526. The third-order valence-corrected chi connectivity index (χ3v) is 5.57. The largest absolute Gasteiger partial charge is 0.330 e. The molecular formula is C16H24BrN3. The van der Waals surface area contributed by atoms with E-state index in [2.05, 4.69) is 58.0 Å². The summed E-state index contributed by atoms with van der Waals surface area (Å²) in [6, 6.07) is 7.49. The SMILES string of the molecule is CN1CC(c2ccc(C3CC(CN)CN3C)cc2Br)C1. The Morgan fingerprint density at radius 3 is 2.55 bits per heavy atom. The number of nitrogens with zero attached hydrogens (tertiary/aromatic N) is 2. The first-order valence-corrected chi connectivity index (χ1v) is 8.26. The molecule has 1 aromatic rings.